The monoisotopic (exact) mass is 339 g/mol. The molecule has 2 aromatic carbocycles. The van der Waals surface area contributed by atoms with Crippen LogP contribution in [0.25, 0.3) is 6.08 Å². The smallest absolute Gasteiger partial charge is 0.305 e. The first-order valence-electron chi connectivity index (χ1n) is 7.77. The lowest BCUT2D eigenvalue weighted by Crippen LogP contribution is -2.28. The SMILES string of the molecule is O=C(O)C[C@H](NC(=O)C=Cc1ccc2c(c1)OCO2)c1ccccc1. The molecule has 1 heterocycles. The Labute approximate surface area is 144 Å². The molecule has 0 bridgehead atoms. The molecule has 3 rings (SSSR count). The van der Waals surface area contributed by atoms with Crippen molar-refractivity contribution in [1.82, 2.24) is 5.32 Å². The van der Waals surface area contributed by atoms with Gasteiger partial charge in [-0.25, -0.2) is 0 Å². The zero-order chi connectivity index (χ0) is 17.6. The maximum absolute atomic E-state index is 12.2. The van der Waals surface area contributed by atoms with Crippen LogP contribution in [0.4, 0.5) is 0 Å². The van der Waals surface area contributed by atoms with E-state index in [9.17, 15) is 9.59 Å². The molecule has 1 aliphatic rings. The highest BCUT2D eigenvalue weighted by Gasteiger charge is 2.17. The minimum Gasteiger partial charge on any atom is -0.481 e. The molecule has 6 nitrogen and oxygen atoms in total. The summed E-state index contributed by atoms with van der Waals surface area (Å²) in [6, 6.07) is 13.8. The molecule has 2 N–H and O–H groups in total. The van der Waals surface area contributed by atoms with Crippen LogP contribution in [-0.2, 0) is 9.59 Å². The van der Waals surface area contributed by atoms with Gasteiger partial charge in [0, 0.05) is 6.08 Å². The molecule has 1 atom stereocenters. The van der Waals surface area contributed by atoms with Gasteiger partial charge >= 0.3 is 5.97 Å². The lowest BCUT2D eigenvalue weighted by molar-refractivity contribution is -0.137. The Morgan fingerprint density at radius 1 is 1.12 bits per heavy atom. The van der Waals surface area contributed by atoms with Crippen LogP contribution in [0.3, 0.4) is 0 Å². The molecule has 0 aliphatic carbocycles. The van der Waals surface area contributed by atoms with Crippen molar-refractivity contribution in [2.24, 2.45) is 0 Å². The molecular weight excluding hydrogens is 322 g/mol. The Balaban J connectivity index is 1.68. The predicted molar refractivity (Wildman–Crippen MR) is 91.2 cm³/mol. The summed E-state index contributed by atoms with van der Waals surface area (Å²) in [4.78, 5) is 23.2. The van der Waals surface area contributed by atoms with Crippen molar-refractivity contribution in [3.8, 4) is 11.5 Å². The number of amides is 1. The fraction of sp³-hybridized carbons (Fsp3) is 0.158. The van der Waals surface area contributed by atoms with E-state index in [4.69, 9.17) is 14.6 Å². The van der Waals surface area contributed by atoms with E-state index < -0.39 is 12.0 Å². The molecule has 0 unspecified atom stereocenters. The van der Waals surface area contributed by atoms with Crippen LogP contribution >= 0.6 is 0 Å². The molecule has 0 saturated carbocycles. The van der Waals surface area contributed by atoms with Gasteiger partial charge in [-0.05, 0) is 29.3 Å². The first-order chi connectivity index (χ1) is 12.1. The highest BCUT2D eigenvalue weighted by Crippen LogP contribution is 2.32. The molecule has 2 aromatic rings. The lowest BCUT2D eigenvalue weighted by atomic mass is 10.0. The van der Waals surface area contributed by atoms with Crippen molar-refractivity contribution < 1.29 is 24.2 Å². The number of hydrogen-bond donors (Lipinski definition) is 2. The summed E-state index contributed by atoms with van der Waals surface area (Å²) < 4.78 is 10.5. The minimum atomic E-state index is -0.978. The van der Waals surface area contributed by atoms with Crippen LogP contribution < -0.4 is 14.8 Å². The van der Waals surface area contributed by atoms with Crippen LogP contribution in [0.15, 0.2) is 54.6 Å². The number of nitrogens with one attached hydrogen (secondary N) is 1. The van der Waals surface area contributed by atoms with Crippen LogP contribution in [0.5, 0.6) is 11.5 Å². The molecule has 0 fully saturated rings. The number of carboxylic acids is 1. The van der Waals surface area contributed by atoms with E-state index in [1.165, 1.54) is 6.08 Å². The van der Waals surface area contributed by atoms with Gasteiger partial charge in [-0.15, -0.1) is 0 Å². The first kappa shape index (κ1) is 16.6. The van der Waals surface area contributed by atoms with Crippen molar-refractivity contribution in [2.45, 2.75) is 12.5 Å². The number of ether oxygens (including phenoxy) is 2. The summed E-state index contributed by atoms with van der Waals surface area (Å²) in [6.07, 6.45) is 2.82. The van der Waals surface area contributed by atoms with E-state index in [0.29, 0.717) is 11.5 Å². The van der Waals surface area contributed by atoms with Crippen molar-refractivity contribution in [1.29, 1.82) is 0 Å². The third-order valence-electron chi connectivity index (χ3n) is 3.72. The molecule has 1 amide bonds. The second-order valence-electron chi connectivity index (χ2n) is 5.52. The lowest BCUT2D eigenvalue weighted by Gasteiger charge is -2.16. The van der Waals surface area contributed by atoms with Gasteiger partial charge in [-0.1, -0.05) is 36.4 Å². The molecule has 0 radical (unpaired) electrons. The van der Waals surface area contributed by atoms with Gasteiger partial charge in [0.05, 0.1) is 12.5 Å². The van der Waals surface area contributed by atoms with E-state index in [2.05, 4.69) is 5.32 Å². The Morgan fingerprint density at radius 2 is 1.88 bits per heavy atom. The molecule has 0 spiro atoms. The standard InChI is InChI=1S/C19H17NO5/c21-18(9-7-13-6-8-16-17(10-13)25-12-24-16)20-15(11-19(22)23)14-4-2-1-3-5-14/h1-10,15H,11-12H2,(H,20,21)(H,22,23)/t15-/m0/s1. The van der Waals surface area contributed by atoms with E-state index in [1.54, 1.807) is 42.5 Å². The summed E-state index contributed by atoms with van der Waals surface area (Å²) >= 11 is 0. The molecule has 25 heavy (non-hydrogen) atoms. The second kappa shape index (κ2) is 7.53. The number of rotatable bonds is 6. The van der Waals surface area contributed by atoms with Gasteiger partial charge in [0.15, 0.2) is 11.5 Å². The zero-order valence-corrected chi connectivity index (χ0v) is 13.3. The summed E-state index contributed by atoms with van der Waals surface area (Å²) in [5, 5.41) is 11.8. The van der Waals surface area contributed by atoms with Crippen molar-refractivity contribution in [3.63, 3.8) is 0 Å². The Hall–Kier alpha value is -3.28. The number of hydrogen-bond acceptors (Lipinski definition) is 4. The quantitative estimate of drug-likeness (QED) is 0.791. The number of carbonyl (C=O) groups excluding carboxylic acids is 1. The molecular formula is C19H17NO5. The Bertz CT molecular complexity index is 801. The number of carboxylic acid groups (broad SMARTS) is 1. The number of aliphatic carboxylic acids is 1. The van der Waals surface area contributed by atoms with Crippen molar-refractivity contribution in [3.05, 3.63) is 65.7 Å². The number of carbonyl (C=O) groups is 2. The molecule has 128 valence electrons. The van der Waals surface area contributed by atoms with Gasteiger partial charge in [-0.2, -0.15) is 0 Å². The molecule has 6 heteroatoms. The van der Waals surface area contributed by atoms with Crippen LogP contribution in [-0.4, -0.2) is 23.8 Å². The van der Waals surface area contributed by atoms with Gasteiger partial charge in [-0.3, -0.25) is 9.59 Å². The minimum absolute atomic E-state index is 0.187. The summed E-state index contributed by atoms with van der Waals surface area (Å²) in [5.74, 6) is -0.0375. The summed E-state index contributed by atoms with van der Waals surface area (Å²) in [5.41, 5.74) is 1.53. The van der Waals surface area contributed by atoms with Gasteiger partial charge in [0.2, 0.25) is 12.7 Å². The normalized spacial score (nSPS) is 13.6. The van der Waals surface area contributed by atoms with E-state index in [-0.39, 0.29) is 19.1 Å². The average molecular weight is 339 g/mol. The van der Waals surface area contributed by atoms with Crippen LogP contribution in [0, 0.1) is 0 Å². The topological polar surface area (TPSA) is 84.9 Å². The van der Waals surface area contributed by atoms with E-state index >= 15 is 0 Å². The number of fused-ring (bicyclic) bond motifs is 1. The van der Waals surface area contributed by atoms with E-state index in [1.807, 2.05) is 12.1 Å². The summed E-state index contributed by atoms with van der Waals surface area (Å²) in [6.45, 7) is 0.191. The van der Waals surface area contributed by atoms with Crippen LogP contribution in [0.2, 0.25) is 0 Å². The third kappa shape index (κ3) is 4.38. The second-order valence-corrected chi connectivity index (χ2v) is 5.52. The Kier molecular flexibility index (Phi) is 4.99. The van der Waals surface area contributed by atoms with E-state index in [0.717, 1.165) is 11.1 Å². The van der Waals surface area contributed by atoms with Gasteiger partial charge in [0.1, 0.15) is 0 Å². The fourth-order valence-electron chi connectivity index (χ4n) is 2.52. The van der Waals surface area contributed by atoms with Gasteiger partial charge < -0.3 is 19.9 Å². The van der Waals surface area contributed by atoms with Crippen LogP contribution in [0.1, 0.15) is 23.6 Å². The summed E-state index contributed by atoms with van der Waals surface area (Å²) in [7, 11) is 0. The fourth-order valence-corrected chi connectivity index (χ4v) is 2.52. The Morgan fingerprint density at radius 3 is 2.64 bits per heavy atom. The third-order valence-corrected chi connectivity index (χ3v) is 3.72. The van der Waals surface area contributed by atoms with Gasteiger partial charge in [0.25, 0.3) is 0 Å². The molecule has 0 aromatic heterocycles. The highest BCUT2D eigenvalue weighted by molar-refractivity contribution is 5.92. The molecule has 0 saturated heterocycles. The average Bonchev–Trinajstić information content (AvgIpc) is 3.07. The first-order valence-corrected chi connectivity index (χ1v) is 7.77. The maximum atomic E-state index is 12.2. The highest BCUT2D eigenvalue weighted by atomic mass is 16.7. The predicted octanol–water partition coefficient (Wildman–Crippen LogP) is 2.76. The zero-order valence-electron chi connectivity index (χ0n) is 13.3. The van der Waals surface area contributed by atoms with Crippen molar-refractivity contribution in [2.75, 3.05) is 6.79 Å². The maximum Gasteiger partial charge on any atom is 0.305 e. The molecule has 1 aliphatic heterocycles. The largest absolute Gasteiger partial charge is 0.481 e. The number of benzene rings is 2. The van der Waals surface area contributed by atoms with Crippen molar-refractivity contribution >= 4 is 18.0 Å².